The second kappa shape index (κ2) is 4.56. The van der Waals surface area contributed by atoms with Gasteiger partial charge in [-0.1, -0.05) is 0 Å². The monoisotopic (exact) mass is 278 g/mol. The maximum atomic E-state index is 13.7. The molecular weight excluding hydrogens is 269 g/mol. The van der Waals surface area contributed by atoms with Crippen LogP contribution in [0.3, 0.4) is 0 Å². The minimum absolute atomic E-state index is 0.126. The number of imidazole rings is 1. The molecule has 0 saturated carbocycles. The Kier molecular flexibility index (Phi) is 2.85. The molecule has 2 aromatic carbocycles. The summed E-state index contributed by atoms with van der Waals surface area (Å²) < 4.78 is 44.9. The number of fused-ring (bicyclic) bond motifs is 1. The van der Waals surface area contributed by atoms with Crippen LogP contribution in [-0.4, -0.2) is 17.1 Å². The van der Waals surface area contributed by atoms with Crippen molar-refractivity contribution < 1.29 is 17.9 Å². The smallest absolute Gasteiger partial charge is 0.195 e. The van der Waals surface area contributed by atoms with Crippen molar-refractivity contribution in [2.45, 2.75) is 0 Å². The van der Waals surface area contributed by atoms with Crippen molar-refractivity contribution in [3.05, 3.63) is 47.8 Å². The van der Waals surface area contributed by atoms with E-state index in [-0.39, 0.29) is 11.4 Å². The van der Waals surface area contributed by atoms with Gasteiger partial charge < -0.3 is 9.72 Å². The van der Waals surface area contributed by atoms with Crippen molar-refractivity contribution >= 4 is 11.0 Å². The molecule has 0 spiro atoms. The summed E-state index contributed by atoms with van der Waals surface area (Å²) in [4.78, 5) is 7.00. The van der Waals surface area contributed by atoms with Crippen LogP contribution in [0.25, 0.3) is 22.4 Å². The highest BCUT2D eigenvalue weighted by Crippen LogP contribution is 2.27. The minimum atomic E-state index is -1.51. The van der Waals surface area contributed by atoms with Gasteiger partial charge in [0.1, 0.15) is 11.6 Å². The zero-order valence-corrected chi connectivity index (χ0v) is 10.4. The summed E-state index contributed by atoms with van der Waals surface area (Å²) in [5.41, 5.74) is 1.06. The van der Waals surface area contributed by atoms with Crippen LogP contribution in [0, 0.1) is 17.5 Å². The number of nitrogens with one attached hydrogen (secondary N) is 1. The second-order valence-corrected chi connectivity index (χ2v) is 4.19. The molecule has 3 nitrogen and oxygen atoms in total. The quantitative estimate of drug-likeness (QED) is 0.726. The van der Waals surface area contributed by atoms with E-state index in [0.717, 1.165) is 12.1 Å². The van der Waals surface area contributed by atoms with E-state index in [1.807, 2.05) is 0 Å². The molecule has 1 heterocycles. The van der Waals surface area contributed by atoms with Gasteiger partial charge in [0.25, 0.3) is 0 Å². The molecule has 0 saturated heterocycles. The Balaban J connectivity index is 2.17. The van der Waals surface area contributed by atoms with Crippen LogP contribution >= 0.6 is 0 Å². The first-order chi connectivity index (χ1) is 9.60. The van der Waals surface area contributed by atoms with E-state index < -0.39 is 17.5 Å². The third kappa shape index (κ3) is 1.89. The molecule has 0 aliphatic rings. The van der Waals surface area contributed by atoms with Crippen LogP contribution in [0.5, 0.6) is 5.75 Å². The molecule has 20 heavy (non-hydrogen) atoms. The van der Waals surface area contributed by atoms with Crippen LogP contribution in [0.15, 0.2) is 30.3 Å². The van der Waals surface area contributed by atoms with Crippen molar-refractivity contribution in [1.29, 1.82) is 0 Å². The van der Waals surface area contributed by atoms with Gasteiger partial charge in [-0.3, -0.25) is 0 Å². The first kappa shape index (κ1) is 12.5. The highest BCUT2D eigenvalue weighted by molar-refractivity contribution is 5.80. The fraction of sp³-hybridized carbons (Fsp3) is 0.0714. The zero-order valence-electron chi connectivity index (χ0n) is 10.4. The van der Waals surface area contributed by atoms with Gasteiger partial charge in [0, 0.05) is 6.07 Å². The summed E-state index contributed by atoms with van der Waals surface area (Å²) in [6, 6.07) is 7.08. The van der Waals surface area contributed by atoms with E-state index in [2.05, 4.69) is 9.97 Å². The van der Waals surface area contributed by atoms with Crippen molar-refractivity contribution in [2.24, 2.45) is 0 Å². The highest BCUT2D eigenvalue weighted by Gasteiger charge is 2.17. The first-order valence-corrected chi connectivity index (χ1v) is 5.78. The summed E-state index contributed by atoms with van der Waals surface area (Å²) in [5, 5.41) is 0. The lowest BCUT2D eigenvalue weighted by Gasteiger charge is -2.01. The molecule has 0 bridgehead atoms. The number of hydrogen-bond acceptors (Lipinski definition) is 2. The third-order valence-corrected chi connectivity index (χ3v) is 2.98. The average Bonchev–Trinajstić information content (AvgIpc) is 2.87. The van der Waals surface area contributed by atoms with Crippen molar-refractivity contribution in [2.75, 3.05) is 7.11 Å². The Bertz CT molecular complexity index is 798. The maximum absolute atomic E-state index is 13.7. The second-order valence-electron chi connectivity index (χ2n) is 4.19. The van der Waals surface area contributed by atoms with Gasteiger partial charge in [-0.25, -0.2) is 18.2 Å². The lowest BCUT2D eigenvalue weighted by molar-refractivity contribution is 0.415. The van der Waals surface area contributed by atoms with Crippen LogP contribution < -0.4 is 4.74 Å². The Labute approximate surface area is 112 Å². The molecule has 3 rings (SSSR count). The number of benzene rings is 2. The number of rotatable bonds is 2. The van der Waals surface area contributed by atoms with Crippen molar-refractivity contribution in [3.63, 3.8) is 0 Å². The van der Waals surface area contributed by atoms with Gasteiger partial charge in [0.2, 0.25) is 0 Å². The predicted molar refractivity (Wildman–Crippen MR) is 68.0 cm³/mol. The van der Waals surface area contributed by atoms with Gasteiger partial charge in [0.15, 0.2) is 17.5 Å². The summed E-state index contributed by atoms with van der Waals surface area (Å²) in [6.45, 7) is 0. The SMILES string of the molecule is COc1ccc2nc(-c3ccc(F)c(F)c3F)[nH]c2c1. The minimum Gasteiger partial charge on any atom is -0.497 e. The lowest BCUT2D eigenvalue weighted by Crippen LogP contribution is -1.94. The van der Waals surface area contributed by atoms with E-state index in [9.17, 15) is 13.2 Å². The number of ether oxygens (including phenoxy) is 1. The van der Waals surface area contributed by atoms with E-state index >= 15 is 0 Å². The van der Waals surface area contributed by atoms with Gasteiger partial charge in [-0.05, 0) is 24.3 Å². The fourth-order valence-corrected chi connectivity index (χ4v) is 1.95. The average molecular weight is 278 g/mol. The first-order valence-electron chi connectivity index (χ1n) is 5.78. The molecule has 3 aromatic rings. The predicted octanol–water partition coefficient (Wildman–Crippen LogP) is 3.66. The number of methoxy groups -OCH3 is 1. The van der Waals surface area contributed by atoms with Gasteiger partial charge in [-0.15, -0.1) is 0 Å². The number of H-pyrrole nitrogens is 1. The highest BCUT2D eigenvalue weighted by atomic mass is 19.2. The Hall–Kier alpha value is -2.50. The van der Waals surface area contributed by atoms with Gasteiger partial charge in [0.05, 0.1) is 23.7 Å². The molecule has 6 heteroatoms. The molecule has 0 amide bonds. The standard InChI is InChI=1S/C14H9F3N2O/c1-20-7-2-5-10-11(6-7)19-14(18-10)8-3-4-9(15)13(17)12(8)16/h2-6H,1H3,(H,18,19). The largest absolute Gasteiger partial charge is 0.497 e. The Morgan fingerprint density at radius 1 is 1.05 bits per heavy atom. The zero-order chi connectivity index (χ0) is 14.3. The number of nitrogens with zero attached hydrogens (tertiary/aromatic N) is 1. The third-order valence-electron chi connectivity index (χ3n) is 2.98. The van der Waals surface area contributed by atoms with Crippen molar-refractivity contribution in [1.82, 2.24) is 9.97 Å². The van der Waals surface area contributed by atoms with E-state index in [1.54, 1.807) is 18.2 Å². The molecule has 0 unspecified atom stereocenters. The molecule has 102 valence electrons. The van der Waals surface area contributed by atoms with Gasteiger partial charge in [-0.2, -0.15) is 0 Å². The molecule has 0 fully saturated rings. The molecular formula is C14H9F3N2O. The van der Waals surface area contributed by atoms with E-state index in [1.165, 1.54) is 7.11 Å². The van der Waals surface area contributed by atoms with Crippen molar-refractivity contribution in [3.8, 4) is 17.1 Å². The van der Waals surface area contributed by atoms with E-state index in [4.69, 9.17) is 4.74 Å². The molecule has 0 aliphatic heterocycles. The van der Waals surface area contributed by atoms with E-state index in [0.29, 0.717) is 16.8 Å². The summed E-state index contributed by atoms with van der Waals surface area (Å²) >= 11 is 0. The maximum Gasteiger partial charge on any atom is 0.195 e. The molecule has 0 aliphatic carbocycles. The Morgan fingerprint density at radius 3 is 2.60 bits per heavy atom. The topological polar surface area (TPSA) is 37.9 Å². The molecule has 0 radical (unpaired) electrons. The number of halogens is 3. The number of aromatic amines is 1. The summed E-state index contributed by atoms with van der Waals surface area (Å²) in [6.07, 6.45) is 0. The molecule has 1 N–H and O–H groups in total. The normalized spacial score (nSPS) is 11.0. The fourth-order valence-electron chi connectivity index (χ4n) is 1.95. The van der Waals surface area contributed by atoms with Crippen LogP contribution in [0.2, 0.25) is 0 Å². The summed E-state index contributed by atoms with van der Waals surface area (Å²) in [7, 11) is 1.52. The van der Waals surface area contributed by atoms with Crippen LogP contribution in [0.1, 0.15) is 0 Å². The van der Waals surface area contributed by atoms with Gasteiger partial charge >= 0.3 is 0 Å². The molecule has 0 atom stereocenters. The number of aromatic nitrogens is 2. The van der Waals surface area contributed by atoms with Crippen LogP contribution in [-0.2, 0) is 0 Å². The lowest BCUT2D eigenvalue weighted by atomic mass is 10.2. The molecule has 1 aromatic heterocycles. The number of hydrogen-bond donors (Lipinski definition) is 1. The summed E-state index contributed by atoms with van der Waals surface area (Å²) in [5.74, 6) is -3.27. The Morgan fingerprint density at radius 2 is 1.85 bits per heavy atom. The van der Waals surface area contributed by atoms with Crippen LogP contribution in [0.4, 0.5) is 13.2 Å².